The molecule has 0 radical (unpaired) electrons. The van der Waals surface area contributed by atoms with Crippen LogP contribution in [0.3, 0.4) is 0 Å². The van der Waals surface area contributed by atoms with Crippen molar-refractivity contribution in [3.05, 3.63) is 65.3 Å². The van der Waals surface area contributed by atoms with E-state index in [0.29, 0.717) is 0 Å². The summed E-state index contributed by atoms with van der Waals surface area (Å²) in [4.78, 5) is 0. The first-order valence-electron chi connectivity index (χ1n) is 6.89. The summed E-state index contributed by atoms with van der Waals surface area (Å²) < 4.78 is 56.0. The molecule has 1 aliphatic rings. The van der Waals surface area contributed by atoms with Crippen LogP contribution in [0.25, 0.3) is 16.3 Å². The van der Waals surface area contributed by atoms with E-state index in [0.717, 1.165) is 35.4 Å². The van der Waals surface area contributed by atoms with Gasteiger partial charge in [-0.1, -0.05) is 48.0 Å². The van der Waals surface area contributed by atoms with Gasteiger partial charge in [-0.15, -0.1) is 0 Å². The minimum atomic E-state index is -4.22. The number of hydrogen-bond donors (Lipinski definition) is 0. The van der Waals surface area contributed by atoms with Crippen LogP contribution in [0.2, 0.25) is 0 Å². The van der Waals surface area contributed by atoms with Crippen LogP contribution < -0.4 is 0 Å². The van der Waals surface area contributed by atoms with Crippen molar-refractivity contribution in [3.8, 4) is 0 Å². The van der Waals surface area contributed by atoms with E-state index in [4.69, 9.17) is 0 Å². The number of halogens is 4. The molecule has 0 saturated carbocycles. The van der Waals surface area contributed by atoms with Gasteiger partial charge in [-0.3, -0.25) is 0 Å². The number of fused-ring (bicyclic) bond motifs is 1. The topological polar surface area (TPSA) is 0 Å². The zero-order chi connectivity index (χ0) is 16.1. The minimum absolute atomic E-state index is 0.116. The third-order valence-corrected chi connectivity index (χ3v) is 4.03. The van der Waals surface area contributed by atoms with Gasteiger partial charge in [0.25, 0.3) is 0 Å². The highest BCUT2D eigenvalue weighted by atomic mass is 19.3. The molecule has 0 saturated heterocycles. The molecule has 0 spiro atoms. The summed E-state index contributed by atoms with van der Waals surface area (Å²) in [5, 5.41) is 1.64. The van der Waals surface area contributed by atoms with Gasteiger partial charge < -0.3 is 0 Å². The first kappa shape index (κ1) is 14.8. The number of allylic oxidation sites excluding steroid dienone is 4. The monoisotopic (exact) mass is 306 g/mol. The predicted molar refractivity (Wildman–Crippen MR) is 80.3 cm³/mol. The van der Waals surface area contributed by atoms with Gasteiger partial charge in [0.2, 0.25) is 0 Å². The molecule has 3 rings (SSSR count). The van der Waals surface area contributed by atoms with Gasteiger partial charge in [-0.25, -0.2) is 0 Å². The SMILES string of the molecule is CC1=CC=C(c2ccc3cc(C)ccc3c2)C(F)(F)C1(F)F. The molecular weight excluding hydrogens is 292 g/mol. The molecule has 0 heterocycles. The van der Waals surface area contributed by atoms with E-state index in [-0.39, 0.29) is 5.56 Å². The average Bonchev–Trinajstić information content (AvgIpc) is 2.45. The van der Waals surface area contributed by atoms with Crippen molar-refractivity contribution in [2.75, 3.05) is 0 Å². The van der Waals surface area contributed by atoms with E-state index in [1.807, 2.05) is 19.1 Å². The lowest BCUT2D eigenvalue weighted by Crippen LogP contribution is -2.43. The highest BCUT2D eigenvalue weighted by Crippen LogP contribution is 2.50. The van der Waals surface area contributed by atoms with Crippen LogP contribution in [-0.2, 0) is 0 Å². The third-order valence-electron chi connectivity index (χ3n) is 4.03. The zero-order valence-corrected chi connectivity index (χ0v) is 12.1. The van der Waals surface area contributed by atoms with E-state index in [1.54, 1.807) is 12.1 Å². The highest BCUT2D eigenvalue weighted by Gasteiger charge is 2.60. The summed E-state index contributed by atoms with van der Waals surface area (Å²) in [6, 6.07) is 10.3. The molecule has 0 N–H and O–H groups in total. The van der Waals surface area contributed by atoms with E-state index >= 15 is 0 Å². The quantitative estimate of drug-likeness (QED) is 0.587. The molecule has 0 fully saturated rings. The fourth-order valence-corrected chi connectivity index (χ4v) is 2.64. The second-order valence-electron chi connectivity index (χ2n) is 5.64. The normalized spacial score (nSPS) is 19.7. The lowest BCUT2D eigenvalue weighted by molar-refractivity contribution is -0.148. The number of alkyl halides is 4. The molecular formula is C18H14F4. The predicted octanol–water partition coefficient (Wildman–Crippen LogP) is 5.76. The molecule has 0 nitrogen and oxygen atoms in total. The van der Waals surface area contributed by atoms with Gasteiger partial charge in [-0.05, 0) is 36.2 Å². The Morgan fingerprint density at radius 2 is 1.36 bits per heavy atom. The Morgan fingerprint density at radius 3 is 2.09 bits per heavy atom. The van der Waals surface area contributed by atoms with E-state index in [2.05, 4.69) is 0 Å². The molecule has 2 aromatic rings. The Morgan fingerprint density at radius 1 is 0.727 bits per heavy atom. The van der Waals surface area contributed by atoms with Crippen LogP contribution in [0.15, 0.2) is 54.1 Å². The first-order valence-corrected chi connectivity index (χ1v) is 6.89. The first-order chi connectivity index (χ1) is 10.2. The maximum atomic E-state index is 14.2. The van der Waals surface area contributed by atoms with Crippen LogP contribution in [0.1, 0.15) is 18.1 Å². The standard InChI is InChI=1S/C18H14F4/c1-11-3-5-14-10-15(7-6-13(14)9-11)16-8-4-12(2)17(19,20)18(16,21)22/h3-10H,1-2H3. The molecule has 0 atom stereocenters. The van der Waals surface area contributed by atoms with Crippen LogP contribution in [-0.4, -0.2) is 11.8 Å². The van der Waals surface area contributed by atoms with Crippen molar-refractivity contribution in [2.24, 2.45) is 0 Å². The molecule has 0 aliphatic heterocycles. The largest absolute Gasteiger partial charge is 0.339 e. The molecule has 2 aromatic carbocycles. The summed E-state index contributed by atoms with van der Waals surface area (Å²) in [6.45, 7) is 2.95. The van der Waals surface area contributed by atoms with Crippen molar-refractivity contribution in [2.45, 2.75) is 25.7 Å². The van der Waals surface area contributed by atoms with Crippen LogP contribution in [0.4, 0.5) is 17.6 Å². The molecule has 114 valence electrons. The van der Waals surface area contributed by atoms with Crippen molar-refractivity contribution >= 4 is 16.3 Å². The zero-order valence-electron chi connectivity index (χ0n) is 12.1. The molecule has 0 aromatic heterocycles. The molecule has 0 bridgehead atoms. The summed E-state index contributed by atoms with van der Waals surface area (Å²) in [6.07, 6.45) is 2.15. The summed E-state index contributed by atoms with van der Waals surface area (Å²) >= 11 is 0. The van der Waals surface area contributed by atoms with E-state index in [1.165, 1.54) is 12.1 Å². The Hall–Kier alpha value is -2.10. The summed E-state index contributed by atoms with van der Waals surface area (Å²) in [5.41, 5.74) is -0.111. The van der Waals surface area contributed by atoms with Gasteiger partial charge in [0.1, 0.15) is 0 Å². The second-order valence-corrected chi connectivity index (χ2v) is 5.64. The van der Waals surface area contributed by atoms with Crippen molar-refractivity contribution < 1.29 is 17.6 Å². The van der Waals surface area contributed by atoms with E-state index < -0.39 is 23.0 Å². The van der Waals surface area contributed by atoms with Gasteiger partial charge in [-0.2, -0.15) is 17.6 Å². The third kappa shape index (κ3) is 2.05. The Kier molecular flexibility index (Phi) is 3.17. The molecule has 1 aliphatic carbocycles. The maximum absolute atomic E-state index is 14.2. The molecule has 4 heteroatoms. The van der Waals surface area contributed by atoms with Gasteiger partial charge in [0, 0.05) is 11.1 Å². The maximum Gasteiger partial charge on any atom is 0.339 e. The number of benzene rings is 2. The lowest BCUT2D eigenvalue weighted by Gasteiger charge is -2.32. The number of rotatable bonds is 1. The highest BCUT2D eigenvalue weighted by molar-refractivity contribution is 5.88. The Bertz CT molecular complexity index is 813. The second kappa shape index (κ2) is 4.70. The van der Waals surface area contributed by atoms with Crippen LogP contribution >= 0.6 is 0 Å². The number of aryl methyl sites for hydroxylation is 1. The lowest BCUT2D eigenvalue weighted by atomic mass is 9.86. The van der Waals surface area contributed by atoms with Gasteiger partial charge in [0.05, 0.1) is 0 Å². The fraction of sp³-hybridized carbons (Fsp3) is 0.222. The van der Waals surface area contributed by atoms with Crippen molar-refractivity contribution in [3.63, 3.8) is 0 Å². The van der Waals surface area contributed by atoms with Crippen LogP contribution in [0.5, 0.6) is 0 Å². The Balaban J connectivity index is 2.17. The molecule has 0 amide bonds. The van der Waals surface area contributed by atoms with Crippen molar-refractivity contribution in [1.82, 2.24) is 0 Å². The summed E-state index contributed by atoms with van der Waals surface area (Å²) in [7, 11) is 0. The Labute approximate surface area is 125 Å². The van der Waals surface area contributed by atoms with Gasteiger partial charge in [0.15, 0.2) is 0 Å². The van der Waals surface area contributed by atoms with Gasteiger partial charge >= 0.3 is 11.8 Å². The number of hydrogen-bond acceptors (Lipinski definition) is 0. The fourth-order valence-electron chi connectivity index (χ4n) is 2.64. The average molecular weight is 306 g/mol. The molecule has 22 heavy (non-hydrogen) atoms. The van der Waals surface area contributed by atoms with E-state index in [9.17, 15) is 17.6 Å². The minimum Gasteiger partial charge on any atom is -0.194 e. The molecule has 0 unspecified atom stereocenters. The summed E-state index contributed by atoms with van der Waals surface area (Å²) in [5.74, 6) is -8.39. The van der Waals surface area contributed by atoms with Crippen molar-refractivity contribution in [1.29, 1.82) is 0 Å². The van der Waals surface area contributed by atoms with Crippen LogP contribution in [0, 0.1) is 6.92 Å². The smallest absolute Gasteiger partial charge is 0.194 e.